The summed E-state index contributed by atoms with van der Waals surface area (Å²) in [5.41, 5.74) is 1.87. The van der Waals surface area contributed by atoms with Gasteiger partial charge in [-0.25, -0.2) is 0 Å². The van der Waals surface area contributed by atoms with E-state index >= 15 is 0 Å². The molecule has 1 unspecified atom stereocenters. The second kappa shape index (κ2) is 8.18. The number of carboxylic acid groups (broad SMARTS) is 1. The van der Waals surface area contributed by atoms with Crippen LogP contribution in [0.15, 0.2) is 54.2 Å². The number of ketones is 1. The van der Waals surface area contributed by atoms with Crippen molar-refractivity contribution in [2.75, 3.05) is 18.2 Å². The van der Waals surface area contributed by atoms with E-state index in [2.05, 4.69) is 5.32 Å². The van der Waals surface area contributed by atoms with Gasteiger partial charge in [0, 0.05) is 11.9 Å². The fourth-order valence-electron chi connectivity index (χ4n) is 2.62. The predicted molar refractivity (Wildman–Crippen MR) is 105 cm³/mol. The van der Waals surface area contributed by atoms with Crippen molar-refractivity contribution in [1.82, 2.24) is 0 Å². The summed E-state index contributed by atoms with van der Waals surface area (Å²) in [6.45, 7) is 1.90. The maximum atomic E-state index is 13.0. The quantitative estimate of drug-likeness (QED) is 0.733. The molecule has 0 spiro atoms. The molecule has 27 heavy (non-hydrogen) atoms. The van der Waals surface area contributed by atoms with Crippen molar-refractivity contribution in [3.05, 3.63) is 65.4 Å². The summed E-state index contributed by atoms with van der Waals surface area (Å²) < 4.78 is 11.0. The first kappa shape index (κ1) is 18.8. The van der Waals surface area contributed by atoms with Crippen LogP contribution >= 0.6 is 11.8 Å². The molecule has 0 bridgehead atoms. The number of methoxy groups -OCH3 is 1. The van der Waals surface area contributed by atoms with E-state index in [1.54, 1.807) is 37.6 Å². The Morgan fingerprint density at radius 3 is 2.70 bits per heavy atom. The van der Waals surface area contributed by atoms with E-state index in [9.17, 15) is 9.59 Å². The number of Topliss-reactive ketones (excluding diaryl/α,β-unsaturated/α-hetero) is 1. The van der Waals surface area contributed by atoms with Crippen LogP contribution < -0.4 is 14.8 Å². The van der Waals surface area contributed by atoms with Crippen LogP contribution in [0.1, 0.15) is 15.9 Å². The summed E-state index contributed by atoms with van der Waals surface area (Å²) in [7, 11) is 1.59. The van der Waals surface area contributed by atoms with Crippen LogP contribution in [0, 0.1) is 6.92 Å². The van der Waals surface area contributed by atoms with Crippen LogP contribution in [0.4, 0.5) is 5.69 Å². The zero-order valence-electron chi connectivity index (χ0n) is 14.9. The lowest BCUT2D eigenvalue weighted by Gasteiger charge is -2.27. The number of aliphatic carboxylic acids is 1. The summed E-state index contributed by atoms with van der Waals surface area (Å²) in [6.07, 6.45) is 1.58. The molecule has 0 saturated heterocycles. The first-order valence-corrected chi connectivity index (χ1v) is 9.29. The van der Waals surface area contributed by atoms with Gasteiger partial charge in [-0.05, 0) is 43.3 Å². The van der Waals surface area contributed by atoms with Gasteiger partial charge in [0.1, 0.15) is 11.5 Å². The Bertz CT molecular complexity index is 892. The van der Waals surface area contributed by atoms with E-state index in [1.807, 2.05) is 25.1 Å². The highest BCUT2D eigenvalue weighted by molar-refractivity contribution is 8.00. The van der Waals surface area contributed by atoms with E-state index in [4.69, 9.17) is 14.6 Å². The summed E-state index contributed by atoms with van der Waals surface area (Å²) in [5, 5.41) is 12.1. The molecule has 0 amide bonds. The Morgan fingerprint density at radius 2 is 2.04 bits per heavy atom. The van der Waals surface area contributed by atoms with Gasteiger partial charge in [0.2, 0.25) is 0 Å². The van der Waals surface area contributed by atoms with E-state index in [0.29, 0.717) is 16.9 Å². The van der Waals surface area contributed by atoms with E-state index < -0.39 is 11.4 Å². The Morgan fingerprint density at radius 1 is 1.30 bits per heavy atom. The number of carboxylic acids is 1. The number of rotatable bonds is 6. The minimum absolute atomic E-state index is 0.168. The number of hydrogen-bond acceptors (Lipinski definition) is 6. The highest BCUT2D eigenvalue weighted by Crippen LogP contribution is 2.35. The Hall–Kier alpha value is -2.93. The molecule has 1 aliphatic heterocycles. The molecular formula is C20H19NO5S. The standard InChI is InChI=1S/C20H19NO5S/c1-12-3-8-17-15(9-12)19(24)16(20(26-17)27-11-18(22)23)10-21-13-4-6-14(25-2)7-5-13/h3-10,20-21H,11H2,1-2H3,(H,22,23). The number of aryl methyl sites for hydroxylation is 1. The van der Waals surface area contributed by atoms with Gasteiger partial charge in [0.05, 0.1) is 24.0 Å². The van der Waals surface area contributed by atoms with Gasteiger partial charge < -0.3 is 19.9 Å². The minimum Gasteiger partial charge on any atom is -0.497 e. The molecule has 1 atom stereocenters. The Labute approximate surface area is 161 Å². The Balaban J connectivity index is 1.89. The van der Waals surface area contributed by atoms with Gasteiger partial charge >= 0.3 is 5.97 Å². The molecule has 0 aromatic heterocycles. The number of carbonyl (C=O) groups excluding carboxylic acids is 1. The number of thioether (sulfide) groups is 1. The van der Waals surface area contributed by atoms with Crippen molar-refractivity contribution < 1.29 is 24.2 Å². The number of nitrogens with one attached hydrogen (secondary N) is 1. The summed E-state index contributed by atoms with van der Waals surface area (Å²) >= 11 is 1.06. The van der Waals surface area contributed by atoms with Gasteiger partial charge in [-0.3, -0.25) is 9.59 Å². The van der Waals surface area contributed by atoms with E-state index in [0.717, 1.165) is 28.8 Å². The lowest BCUT2D eigenvalue weighted by atomic mass is 9.99. The second-order valence-electron chi connectivity index (χ2n) is 5.96. The second-order valence-corrected chi connectivity index (χ2v) is 7.01. The number of anilines is 1. The van der Waals surface area contributed by atoms with Crippen LogP contribution in [0.25, 0.3) is 0 Å². The van der Waals surface area contributed by atoms with Crippen molar-refractivity contribution in [2.45, 2.75) is 12.4 Å². The summed E-state index contributed by atoms with van der Waals surface area (Å²) in [6, 6.07) is 12.6. The Kier molecular flexibility index (Phi) is 5.71. The van der Waals surface area contributed by atoms with Gasteiger partial charge in [-0.1, -0.05) is 11.6 Å². The molecule has 1 aliphatic rings. The van der Waals surface area contributed by atoms with Crippen molar-refractivity contribution in [2.24, 2.45) is 0 Å². The molecule has 0 aliphatic carbocycles. The highest BCUT2D eigenvalue weighted by atomic mass is 32.2. The van der Waals surface area contributed by atoms with Gasteiger partial charge in [-0.2, -0.15) is 0 Å². The average Bonchev–Trinajstić information content (AvgIpc) is 2.66. The molecule has 7 heteroatoms. The number of ether oxygens (including phenoxy) is 2. The lowest BCUT2D eigenvalue weighted by molar-refractivity contribution is -0.133. The number of carbonyl (C=O) groups is 2. The fourth-order valence-corrected chi connectivity index (χ4v) is 3.44. The maximum Gasteiger partial charge on any atom is 0.313 e. The van der Waals surface area contributed by atoms with Crippen LogP contribution in [-0.2, 0) is 4.79 Å². The molecular weight excluding hydrogens is 366 g/mol. The number of fused-ring (bicyclic) bond motifs is 1. The van der Waals surface area contributed by atoms with E-state index in [-0.39, 0.29) is 11.5 Å². The average molecular weight is 385 g/mol. The number of hydrogen-bond donors (Lipinski definition) is 2. The molecule has 6 nitrogen and oxygen atoms in total. The molecule has 2 aromatic carbocycles. The monoisotopic (exact) mass is 385 g/mol. The van der Waals surface area contributed by atoms with Crippen LogP contribution in [0.3, 0.4) is 0 Å². The van der Waals surface area contributed by atoms with Gasteiger partial charge in [-0.15, -0.1) is 11.8 Å². The highest BCUT2D eigenvalue weighted by Gasteiger charge is 2.32. The van der Waals surface area contributed by atoms with Gasteiger partial charge in [0.15, 0.2) is 11.2 Å². The lowest BCUT2D eigenvalue weighted by Crippen LogP contribution is -2.29. The zero-order chi connectivity index (χ0) is 19.4. The maximum absolute atomic E-state index is 13.0. The van der Waals surface area contributed by atoms with E-state index in [1.165, 1.54) is 0 Å². The molecule has 0 fully saturated rings. The summed E-state index contributed by atoms with van der Waals surface area (Å²) in [4.78, 5) is 23.9. The first-order valence-electron chi connectivity index (χ1n) is 8.24. The van der Waals surface area contributed by atoms with Crippen molar-refractivity contribution in [1.29, 1.82) is 0 Å². The fraction of sp³-hybridized carbons (Fsp3) is 0.200. The molecule has 0 radical (unpaired) electrons. The molecule has 2 N–H and O–H groups in total. The third-order valence-corrected chi connectivity index (χ3v) is 5.04. The van der Waals surface area contributed by atoms with Crippen molar-refractivity contribution in [3.63, 3.8) is 0 Å². The molecule has 140 valence electrons. The zero-order valence-corrected chi connectivity index (χ0v) is 15.7. The summed E-state index contributed by atoms with van der Waals surface area (Å²) in [5.74, 6) is -0.115. The molecule has 1 heterocycles. The normalized spacial score (nSPS) is 17.2. The van der Waals surface area contributed by atoms with Crippen LogP contribution in [0.5, 0.6) is 11.5 Å². The van der Waals surface area contributed by atoms with Crippen molar-refractivity contribution >= 4 is 29.2 Å². The van der Waals surface area contributed by atoms with Crippen LogP contribution in [-0.4, -0.2) is 35.2 Å². The first-order chi connectivity index (χ1) is 13.0. The number of benzene rings is 2. The van der Waals surface area contributed by atoms with Crippen molar-refractivity contribution in [3.8, 4) is 11.5 Å². The third-order valence-electron chi connectivity index (χ3n) is 3.97. The SMILES string of the molecule is COc1ccc(NC=C2C(=O)c3cc(C)ccc3OC2SCC(=O)O)cc1. The molecule has 2 aromatic rings. The molecule has 3 rings (SSSR count). The van der Waals surface area contributed by atoms with Crippen LogP contribution in [0.2, 0.25) is 0 Å². The minimum atomic E-state index is -0.965. The molecule has 0 saturated carbocycles. The smallest absolute Gasteiger partial charge is 0.313 e. The predicted octanol–water partition coefficient (Wildman–Crippen LogP) is 3.72. The third kappa shape index (κ3) is 4.43. The van der Waals surface area contributed by atoms with Gasteiger partial charge in [0.25, 0.3) is 0 Å². The topological polar surface area (TPSA) is 84.9 Å². The largest absolute Gasteiger partial charge is 0.497 e.